The number of fused-ring (bicyclic) bond motifs is 1. The van der Waals surface area contributed by atoms with Gasteiger partial charge in [0.05, 0.1) is 16.9 Å². The van der Waals surface area contributed by atoms with Crippen molar-refractivity contribution in [1.82, 2.24) is 14.8 Å². The summed E-state index contributed by atoms with van der Waals surface area (Å²) in [5, 5.41) is 9.39. The van der Waals surface area contributed by atoms with Crippen molar-refractivity contribution >= 4 is 16.7 Å². The number of pyridine rings is 1. The maximum absolute atomic E-state index is 4.74. The molecule has 0 aliphatic heterocycles. The van der Waals surface area contributed by atoms with Gasteiger partial charge < -0.3 is 5.32 Å². The molecule has 4 aromatic rings. The van der Waals surface area contributed by atoms with Crippen LogP contribution >= 0.6 is 0 Å². The average Bonchev–Trinajstić information content (AvgIpc) is 2.95. The Hall–Kier alpha value is -3.14. The first kappa shape index (κ1) is 16.3. The second-order valence-electron chi connectivity index (χ2n) is 6.59. The predicted molar refractivity (Wildman–Crippen MR) is 107 cm³/mol. The van der Waals surface area contributed by atoms with Gasteiger partial charge in [0.1, 0.15) is 5.82 Å². The van der Waals surface area contributed by atoms with Crippen molar-refractivity contribution in [2.45, 2.75) is 27.3 Å². The third kappa shape index (κ3) is 2.94. The van der Waals surface area contributed by atoms with Crippen molar-refractivity contribution in [3.05, 3.63) is 83.2 Å². The summed E-state index contributed by atoms with van der Waals surface area (Å²) in [6, 6.07) is 20.6. The Morgan fingerprint density at radius 2 is 1.65 bits per heavy atom. The molecule has 0 atom stereocenters. The van der Waals surface area contributed by atoms with Crippen molar-refractivity contribution in [3.63, 3.8) is 0 Å². The molecule has 0 aliphatic rings. The van der Waals surface area contributed by atoms with Gasteiger partial charge in [0.2, 0.25) is 0 Å². The summed E-state index contributed by atoms with van der Waals surface area (Å²) < 4.78 is 2.01. The van der Waals surface area contributed by atoms with E-state index in [1.165, 1.54) is 16.5 Å². The monoisotopic (exact) mass is 342 g/mol. The number of rotatable bonds is 4. The summed E-state index contributed by atoms with van der Waals surface area (Å²) in [6.07, 6.45) is 0. The Balaban J connectivity index is 1.62. The van der Waals surface area contributed by atoms with Crippen LogP contribution in [0.5, 0.6) is 0 Å². The van der Waals surface area contributed by atoms with E-state index in [2.05, 4.69) is 62.5 Å². The van der Waals surface area contributed by atoms with Crippen molar-refractivity contribution in [1.29, 1.82) is 0 Å². The molecule has 4 rings (SSSR count). The standard InChI is InChI=1S/C22H22N4/c1-15-13-22(24-21-12-8-7-11-19(15)21)23-14-20-16(2)25-26(17(20)3)18-9-5-4-6-10-18/h4-13H,14H2,1-3H3,(H,23,24). The van der Waals surface area contributed by atoms with Gasteiger partial charge >= 0.3 is 0 Å². The fourth-order valence-electron chi connectivity index (χ4n) is 3.37. The molecule has 1 N–H and O–H groups in total. The molecule has 0 saturated heterocycles. The first-order chi connectivity index (χ1) is 12.6. The molecule has 2 aromatic heterocycles. The summed E-state index contributed by atoms with van der Waals surface area (Å²) in [6.45, 7) is 7.00. The average molecular weight is 342 g/mol. The molecular weight excluding hydrogens is 320 g/mol. The van der Waals surface area contributed by atoms with Crippen LogP contribution in [-0.4, -0.2) is 14.8 Å². The third-order valence-corrected chi connectivity index (χ3v) is 4.81. The molecule has 0 fully saturated rings. The van der Waals surface area contributed by atoms with Gasteiger partial charge in [-0.15, -0.1) is 0 Å². The number of benzene rings is 2. The molecule has 2 aromatic carbocycles. The predicted octanol–water partition coefficient (Wildman–Crippen LogP) is 4.96. The molecule has 2 heterocycles. The number of hydrogen-bond acceptors (Lipinski definition) is 3. The molecule has 0 saturated carbocycles. The van der Waals surface area contributed by atoms with Crippen molar-refractivity contribution in [3.8, 4) is 5.69 Å². The smallest absolute Gasteiger partial charge is 0.127 e. The molecule has 0 radical (unpaired) electrons. The lowest BCUT2D eigenvalue weighted by Crippen LogP contribution is -2.05. The van der Waals surface area contributed by atoms with Crippen LogP contribution in [0.2, 0.25) is 0 Å². The number of hydrogen-bond donors (Lipinski definition) is 1. The van der Waals surface area contributed by atoms with Crippen molar-refractivity contribution in [2.75, 3.05) is 5.32 Å². The normalized spacial score (nSPS) is 11.0. The van der Waals surface area contributed by atoms with Crippen LogP contribution < -0.4 is 5.32 Å². The highest BCUT2D eigenvalue weighted by atomic mass is 15.3. The van der Waals surface area contributed by atoms with E-state index in [1.807, 2.05) is 28.9 Å². The summed E-state index contributed by atoms with van der Waals surface area (Å²) >= 11 is 0. The maximum Gasteiger partial charge on any atom is 0.127 e. The minimum Gasteiger partial charge on any atom is -0.366 e. The van der Waals surface area contributed by atoms with Crippen LogP contribution in [0.25, 0.3) is 16.6 Å². The van der Waals surface area contributed by atoms with Crippen LogP contribution in [0.4, 0.5) is 5.82 Å². The highest BCUT2D eigenvalue weighted by molar-refractivity contribution is 5.83. The fourth-order valence-corrected chi connectivity index (χ4v) is 3.37. The van der Waals surface area contributed by atoms with E-state index in [4.69, 9.17) is 10.1 Å². The Bertz CT molecular complexity index is 1060. The molecule has 4 nitrogen and oxygen atoms in total. The zero-order valence-corrected chi connectivity index (χ0v) is 15.3. The highest BCUT2D eigenvalue weighted by Crippen LogP contribution is 2.22. The SMILES string of the molecule is Cc1nn(-c2ccccc2)c(C)c1CNc1cc(C)c2ccccc2n1. The van der Waals surface area contributed by atoms with E-state index in [0.717, 1.165) is 28.4 Å². The van der Waals surface area contributed by atoms with Gasteiger partial charge in [-0.25, -0.2) is 9.67 Å². The number of nitrogens with one attached hydrogen (secondary N) is 1. The van der Waals surface area contributed by atoms with Gasteiger partial charge in [-0.2, -0.15) is 5.10 Å². The highest BCUT2D eigenvalue weighted by Gasteiger charge is 2.13. The molecule has 0 amide bonds. The number of para-hydroxylation sites is 2. The summed E-state index contributed by atoms with van der Waals surface area (Å²) in [4.78, 5) is 4.74. The minimum absolute atomic E-state index is 0.704. The largest absolute Gasteiger partial charge is 0.366 e. The zero-order valence-electron chi connectivity index (χ0n) is 15.3. The molecule has 0 bridgehead atoms. The summed E-state index contributed by atoms with van der Waals surface area (Å²) in [5.41, 5.74) is 6.73. The van der Waals surface area contributed by atoms with Gasteiger partial charge in [0.25, 0.3) is 0 Å². The first-order valence-corrected chi connectivity index (χ1v) is 8.84. The van der Waals surface area contributed by atoms with Crippen molar-refractivity contribution in [2.24, 2.45) is 0 Å². The molecule has 0 spiro atoms. The third-order valence-electron chi connectivity index (χ3n) is 4.81. The van der Waals surface area contributed by atoms with E-state index in [9.17, 15) is 0 Å². The van der Waals surface area contributed by atoms with Gasteiger partial charge in [-0.1, -0.05) is 36.4 Å². The second kappa shape index (κ2) is 6.64. The lowest BCUT2D eigenvalue weighted by Gasteiger charge is -2.10. The van der Waals surface area contributed by atoms with E-state index >= 15 is 0 Å². The maximum atomic E-state index is 4.74. The van der Waals surface area contributed by atoms with Crippen LogP contribution in [0, 0.1) is 20.8 Å². The van der Waals surface area contributed by atoms with E-state index in [-0.39, 0.29) is 0 Å². The van der Waals surface area contributed by atoms with Gasteiger partial charge in [0, 0.05) is 23.2 Å². The molecule has 0 aliphatic carbocycles. The number of anilines is 1. The molecule has 26 heavy (non-hydrogen) atoms. The fraction of sp³-hybridized carbons (Fsp3) is 0.182. The van der Waals surface area contributed by atoms with E-state index in [0.29, 0.717) is 6.54 Å². The number of aryl methyl sites for hydroxylation is 2. The van der Waals surface area contributed by atoms with Crippen LogP contribution in [0.15, 0.2) is 60.7 Å². The molecule has 130 valence electrons. The lowest BCUT2D eigenvalue weighted by atomic mass is 10.1. The Morgan fingerprint density at radius 3 is 2.46 bits per heavy atom. The van der Waals surface area contributed by atoms with Gasteiger partial charge in [0.15, 0.2) is 0 Å². The Kier molecular flexibility index (Phi) is 4.17. The van der Waals surface area contributed by atoms with Crippen LogP contribution in [0.1, 0.15) is 22.5 Å². The van der Waals surface area contributed by atoms with Crippen LogP contribution in [0.3, 0.4) is 0 Å². The van der Waals surface area contributed by atoms with Crippen LogP contribution in [-0.2, 0) is 6.54 Å². The Labute approximate surface area is 153 Å². The minimum atomic E-state index is 0.704. The Morgan fingerprint density at radius 1 is 0.923 bits per heavy atom. The van der Waals surface area contributed by atoms with Gasteiger partial charge in [-0.05, 0) is 50.6 Å². The molecular formula is C22H22N4. The summed E-state index contributed by atoms with van der Waals surface area (Å²) in [7, 11) is 0. The second-order valence-corrected chi connectivity index (χ2v) is 6.59. The van der Waals surface area contributed by atoms with E-state index in [1.54, 1.807) is 0 Å². The number of aromatic nitrogens is 3. The first-order valence-electron chi connectivity index (χ1n) is 8.84. The molecule has 0 unspecified atom stereocenters. The quantitative estimate of drug-likeness (QED) is 0.570. The molecule has 4 heteroatoms. The summed E-state index contributed by atoms with van der Waals surface area (Å²) in [5.74, 6) is 0.896. The zero-order chi connectivity index (χ0) is 18.1. The lowest BCUT2D eigenvalue weighted by molar-refractivity contribution is 0.832. The van der Waals surface area contributed by atoms with E-state index < -0.39 is 0 Å². The number of nitrogens with zero attached hydrogens (tertiary/aromatic N) is 3. The van der Waals surface area contributed by atoms with Crippen molar-refractivity contribution < 1.29 is 0 Å². The van der Waals surface area contributed by atoms with Gasteiger partial charge in [-0.3, -0.25) is 0 Å². The topological polar surface area (TPSA) is 42.7 Å².